The number of hydrogen-bond acceptors (Lipinski definition) is 5. The number of ether oxygens (including phenoxy) is 1. The highest BCUT2D eigenvalue weighted by atomic mass is 16.5. The van der Waals surface area contributed by atoms with Gasteiger partial charge in [0.25, 0.3) is 0 Å². The molecule has 1 fully saturated rings. The van der Waals surface area contributed by atoms with Crippen LogP contribution in [0.25, 0.3) is 0 Å². The van der Waals surface area contributed by atoms with E-state index in [1.54, 1.807) is 6.20 Å². The molecule has 144 valence electrons. The summed E-state index contributed by atoms with van der Waals surface area (Å²) < 4.78 is 5.49. The van der Waals surface area contributed by atoms with E-state index >= 15 is 0 Å². The van der Waals surface area contributed by atoms with Crippen molar-refractivity contribution in [3.8, 4) is 0 Å². The van der Waals surface area contributed by atoms with Gasteiger partial charge in [0, 0.05) is 32.0 Å². The van der Waals surface area contributed by atoms with Crippen LogP contribution in [0, 0.1) is 0 Å². The minimum atomic E-state index is -0.314. The Morgan fingerprint density at radius 1 is 1.15 bits per heavy atom. The number of rotatable bonds is 7. The van der Waals surface area contributed by atoms with Crippen molar-refractivity contribution < 1.29 is 9.53 Å². The third-order valence-electron chi connectivity index (χ3n) is 4.91. The van der Waals surface area contributed by atoms with E-state index in [4.69, 9.17) is 4.74 Å². The van der Waals surface area contributed by atoms with E-state index in [2.05, 4.69) is 21.3 Å². The summed E-state index contributed by atoms with van der Waals surface area (Å²) in [5.74, 6) is 0.00773. The summed E-state index contributed by atoms with van der Waals surface area (Å²) in [6, 6.07) is 13.7. The van der Waals surface area contributed by atoms with Crippen molar-refractivity contribution >= 4 is 5.91 Å². The van der Waals surface area contributed by atoms with Crippen LogP contribution in [0.1, 0.15) is 23.2 Å². The summed E-state index contributed by atoms with van der Waals surface area (Å²) in [5, 5.41) is 3.17. The average molecular weight is 368 g/mol. The largest absolute Gasteiger partial charge is 0.379 e. The molecule has 2 heterocycles. The second kappa shape index (κ2) is 9.60. The van der Waals surface area contributed by atoms with Gasteiger partial charge in [-0.2, -0.15) is 0 Å². The molecule has 2 aromatic rings. The van der Waals surface area contributed by atoms with Crippen molar-refractivity contribution in [1.82, 2.24) is 20.1 Å². The fourth-order valence-electron chi connectivity index (χ4n) is 3.53. The van der Waals surface area contributed by atoms with Crippen molar-refractivity contribution in [3.63, 3.8) is 0 Å². The highest BCUT2D eigenvalue weighted by molar-refractivity contribution is 5.83. The van der Waals surface area contributed by atoms with Crippen molar-refractivity contribution in [2.45, 2.75) is 12.1 Å². The van der Waals surface area contributed by atoms with Gasteiger partial charge in [0.15, 0.2) is 0 Å². The molecule has 1 aromatic carbocycles. The smallest absolute Gasteiger partial charge is 0.242 e. The monoisotopic (exact) mass is 368 g/mol. The Bertz CT molecular complexity index is 703. The van der Waals surface area contributed by atoms with Crippen LogP contribution in [-0.4, -0.2) is 67.6 Å². The molecule has 0 aliphatic carbocycles. The maximum Gasteiger partial charge on any atom is 0.242 e. The van der Waals surface area contributed by atoms with Crippen molar-refractivity contribution in [2.75, 3.05) is 46.9 Å². The first-order valence-electron chi connectivity index (χ1n) is 9.37. The molecule has 1 aliphatic heterocycles. The van der Waals surface area contributed by atoms with Gasteiger partial charge in [-0.1, -0.05) is 36.4 Å². The fraction of sp³-hybridized carbons (Fsp3) is 0.429. The quantitative estimate of drug-likeness (QED) is 0.809. The van der Waals surface area contributed by atoms with Crippen LogP contribution in [0.4, 0.5) is 0 Å². The molecule has 2 unspecified atom stereocenters. The Labute approximate surface area is 161 Å². The zero-order chi connectivity index (χ0) is 19.1. The number of amides is 1. The van der Waals surface area contributed by atoms with Gasteiger partial charge in [0.1, 0.15) is 6.04 Å². The Balaban J connectivity index is 1.72. The van der Waals surface area contributed by atoms with Crippen LogP contribution >= 0.6 is 0 Å². The standard InChI is InChI=1S/C21H28N4O2/c1-24(2)20(17-7-4-3-5-8-17)21(26)23-16-19(18-9-6-10-22-15-18)25-11-13-27-14-12-25/h3-10,15,19-20H,11-14,16H2,1-2H3,(H,23,26). The Hall–Kier alpha value is -2.28. The number of carbonyl (C=O) groups excluding carboxylic acids is 1. The molecule has 3 rings (SSSR count). The highest BCUT2D eigenvalue weighted by Gasteiger charge is 2.27. The van der Waals surface area contributed by atoms with E-state index in [0.717, 1.165) is 37.4 Å². The third-order valence-corrected chi connectivity index (χ3v) is 4.91. The summed E-state index contributed by atoms with van der Waals surface area (Å²) >= 11 is 0. The predicted molar refractivity (Wildman–Crippen MR) is 105 cm³/mol. The second-order valence-electron chi connectivity index (χ2n) is 6.97. The first-order chi connectivity index (χ1) is 13.2. The molecule has 6 nitrogen and oxygen atoms in total. The van der Waals surface area contributed by atoms with Crippen LogP contribution in [0.3, 0.4) is 0 Å². The predicted octanol–water partition coefficient (Wildman–Crippen LogP) is 1.87. The topological polar surface area (TPSA) is 57.7 Å². The van der Waals surface area contributed by atoms with E-state index in [0.29, 0.717) is 6.54 Å². The maximum atomic E-state index is 13.0. The van der Waals surface area contributed by atoms with E-state index < -0.39 is 0 Å². The normalized spacial score (nSPS) is 17.4. The van der Waals surface area contributed by atoms with Gasteiger partial charge >= 0.3 is 0 Å². The molecule has 1 N–H and O–H groups in total. The fourth-order valence-corrected chi connectivity index (χ4v) is 3.53. The Morgan fingerprint density at radius 3 is 2.48 bits per heavy atom. The van der Waals surface area contributed by atoms with Gasteiger partial charge in [-0.05, 0) is 31.3 Å². The van der Waals surface area contributed by atoms with Crippen LogP contribution in [0.15, 0.2) is 54.9 Å². The number of likely N-dealkylation sites (N-methyl/N-ethyl adjacent to an activating group) is 1. The summed E-state index contributed by atoms with van der Waals surface area (Å²) in [4.78, 5) is 21.5. The zero-order valence-corrected chi connectivity index (χ0v) is 16.0. The second-order valence-corrected chi connectivity index (χ2v) is 6.97. The van der Waals surface area contributed by atoms with Gasteiger partial charge in [0.05, 0.1) is 19.3 Å². The highest BCUT2D eigenvalue weighted by Crippen LogP contribution is 2.22. The first kappa shape index (κ1) is 19.5. The van der Waals surface area contributed by atoms with Crippen molar-refractivity contribution in [3.05, 3.63) is 66.0 Å². The molecule has 0 bridgehead atoms. The van der Waals surface area contributed by atoms with Gasteiger partial charge in [-0.15, -0.1) is 0 Å². The van der Waals surface area contributed by atoms with Gasteiger partial charge in [0.2, 0.25) is 5.91 Å². The third kappa shape index (κ3) is 5.13. The van der Waals surface area contributed by atoms with Crippen LogP contribution < -0.4 is 5.32 Å². The number of nitrogens with one attached hydrogen (secondary N) is 1. The molecule has 6 heteroatoms. The molecule has 27 heavy (non-hydrogen) atoms. The van der Waals surface area contributed by atoms with Crippen LogP contribution in [0.5, 0.6) is 0 Å². The van der Waals surface area contributed by atoms with Gasteiger partial charge < -0.3 is 10.1 Å². The van der Waals surface area contributed by atoms with Crippen molar-refractivity contribution in [2.24, 2.45) is 0 Å². The summed E-state index contributed by atoms with van der Waals surface area (Å²) in [6.45, 7) is 3.68. The van der Waals surface area contributed by atoms with Crippen molar-refractivity contribution in [1.29, 1.82) is 0 Å². The average Bonchev–Trinajstić information content (AvgIpc) is 2.70. The molecular formula is C21H28N4O2. The van der Waals surface area contributed by atoms with E-state index in [9.17, 15) is 4.79 Å². The lowest BCUT2D eigenvalue weighted by Crippen LogP contribution is -2.45. The van der Waals surface area contributed by atoms with Crippen LogP contribution in [0.2, 0.25) is 0 Å². The lowest BCUT2D eigenvalue weighted by Gasteiger charge is -2.35. The molecule has 0 spiro atoms. The molecule has 0 radical (unpaired) electrons. The Kier molecular flexibility index (Phi) is 6.92. The summed E-state index contributed by atoms with van der Waals surface area (Å²) in [6.07, 6.45) is 3.66. The van der Waals surface area contributed by atoms with Crippen LogP contribution in [-0.2, 0) is 9.53 Å². The SMILES string of the molecule is CN(C)C(C(=O)NCC(c1cccnc1)N1CCOCC1)c1ccccc1. The molecule has 1 aromatic heterocycles. The minimum absolute atomic E-state index is 0.00773. The summed E-state index contributed by atoms with van der Waals surface area (Å²) in [7, 11) is 3.86. The minimum Gasteiger partial charge on any atom is -0.379 e. The van der Waals surface area contributed by atoms with Gasteiger partial charge in [-0.3, -0.25) is 19.6 Å². The molecule has 1 saturated heterocycles. The molecule has 1 amide bonds. The molecule has 1 aliphatic rings. The number of hydrogen-bond donors (Lipinski definition) is 1. The number of pyridine rings is 1. The number of morpholine rings is 1. The van der Waals surface area contributed by atoms with E-state index in [-0.39, 0.29) is 18.0 Å². The lowest BCUT2D eigenvalue weighted by molar-refractivity contribution is -0.126. The lowest BCUT2D eigenvalue weighted by atomic mass is 10.0. The molecule has 2 atom stereocenters. The van der Waals surface area contributed by atoms with E-state index in [1.165, 1.54) is 0 Å². The molecule has 0 saturated carbocycles. The zero-order valence-electron chi connectivity index (χ0n) is 16.0. The number of benzene rings is 1. The molecular weight excluding hydrogens is 340 g/mol. The summed E-state index contributed by atoms with van der Waals surface area (Å²) in [5.41, 5.74) is 2.10. The van der Waals surface area contributed by atoms with Gasteiger partial charge in [-0.25, -0.2) is 0 Å². The first-order valence-corrected chi connectivity index (χ1v) is 9.37. The maximum absolute atomic E-state index is 13.0. The Morgan fingerprint density at radius 2 is 1.85 bits per heavy atom. The number of nitrogens with zero attached hydrogens (tertiary/aromatic N) is 3. The van der Waals surface area contributed by atoms with E-state index in [1.807, 2.05) is 61.6 Å². The number of aromatic nitrogens is 1. The number of carbonyl (C=O) groups is 1.